The molecule has 1 amide bonds. The summed E-state index contributed by atoms with van der Waals surface area (Å²) in [6.07, 6.45) is 3.07. The first-order valence-electron chi connectivity index (χ1n) is 6.89. The lowest BCUT2D eigenvalue weighted by molar-refractivity contribution is 0.102. The van der Waals surface area contributed by atoms with Gasteiger partial charge in [0.2, 0.25) is 11.7 Å². The zero-order valence-electron chi connectivity index (χ0n) is 12.3. The van der Waals surface area contributed by atoms with Crippen molar-refractivity contribution in [2.24, 2.45) is 0 Å². The molecule has 7 nitrogen and oxygen atoms in total. The number of carbonyl (C=O) groups is 1. The highest BCUT2D eigenvalue weighted by Crippen LogP contribution is 2.15. The van der Waals surface area contributed by atoms with Crippen molar-refractivity contribution < 1.29 is 14.2 Å². The minimum absolute atomic E-state index is 0.0437. The minimum Gasteiger partial charge on any atom is -0.475 e. The SMILES string of the molecule is CCc1nonc1NC(=O)c1ccnc(O[C@H](C)CC)c1. The van der Waals surface area contributed by atoms with Crippen LogP contribution in [0.15, 0.2) is 23.0 Å². The zero-order valence-corrected chi connectivity index (χ0v) is 12.3. The predicted octanol–water partition coefficient (Wildman–Crippen LogP) is 2.46. The summed E-state index contributed by atoms with van der Waals surface area (Å²) in [4.78, 5) is 16.3. The number of pyridine rings is 1. The molecule has 0 spiro atoms. The van der Waals surface area contributed by atoms with Gasteiger partial charge < -0.3 is 10.1 Å². The van der Waals surface area contributed by atoms with Gasteiger partial charge in [0.25, 0.3) is 5.91 Å². The molecular weight excluding hydrogens is 272 g/mol. The van der Waals surface area contributed by atoms with Crippen molar-refractivity contribution in [3.8, 4) is 5.88 Å². The molecule has 2 aromatic heterocycles. The number of nitrogens with zero attached hydrogens (tertiary/aromatic N) is 3. The normalized spacial score (nSPS) is 12.0. The van der Waals surface area contributed by atoms with Crippen LogP contribution in [0.2, 0.25) is 0 Å². The molecule has 21 heavy (non-hydrogen) atoms. The molecule has 0 unspecified atom stereocenters. The molecule has 0 aromatic carbocycles. The molecule has 2 heterocycles. The third-order valence-corrected chi connectivity index (χ3v) is 3.02. The second kappa shape index (κ2) is 6.83. The van der Waals surface area contributed by atoms with Crippen LogP contribution in [-0.2, 0) is 6.42 Å². The van der Waals surface area contributed by atoms with Crippen LogP contribution in [-0.4, -0.2) is 27.3 Å². The fraction of sp³-hybridized carbons (Fsp3) is 0.429. The van der Waals surface area contributed by atoms with Gasteiger partial charge >= 0.3 is 0 Å². The van der Waals surface area contributed by atoms with E-state index in [1.807, 2.05) is 20.8 Å². The first-order valence-corrected chi connectivity index (χ1v) is 6.89. The largest absolute Gasteiger partial charge is 0.475 e. The van der Waals surface area contributed by atoms with Crippen LogP contribution in [0.5, 0.6) is 5.88 Å². The van der Waals surface area contributed by atoms with E-state index in [0.717, 1.165) is 6.42 Å². The van der Waals surface area contributed by atoms with Crippen LogP contribution in [0.4, 0.5) is 5.82 Å². The molecular formula is C14H18N4O3. The lowest BCUT2D eigenvalue weighted by atomic mass is 10.2. The molecule has 1 N–H and O–H groups in total. The van der Waals surface area contributed by atoms with Gasteiger partial charge in [0.05, 0.1) is 6.10 Å². The number of aromatic nitrogens is 3. The van der Waals surface area contributed by atoms with E-state index in [-0.39, 0.29) is 12.0 Å². The standard InChI is InChI=1S/C14H18N4O3/c1-4-9(3)20-12-8-10(6-7-15-12)14(19)16-13-11(5-2)17-21-18-13/h6-9H,4-5H2,1-3H3,(H,16,18,19)/t9-/m1/s1. The highest BCUT2D eigenvalue weighted by Gasteiger charge is 2.14. The van der Waals surface area contributed by atoms with Crippen LogP contribution < -0.4 is 10.1 Å². The quantitative estimate of drug-likeness (QED) is 0.878. The maximum absolute atomic E-state index is 12.2. The molecule has 0 aliphatic carbocycles. The molecule has 0 radical (unpaired) electrons. The Kier molecular flexibility index (Phi) is 4.86. The van der Waals surface area contributed by atoms with Gasteiger partial charge in [-0.15, -0.1) is 0 Å². The maximum Gasteiger partial charge on any atom is 0.257 e. The van der Waals surface area contributed by atoms with E-state index in [0.29, 0.717) is 29.4 Å². The number of nitrogens with one attached hydrogen (secondary N) is 1. The van der Waals surface area contributed by atoms with Crippen LogP contribution >= 0.6 is 0 Å². The fourth-order valence-electron chi connectivity index (χ4n) is 1.62. The zero-order chi connectivity index (χ0) is 15.2. The van der Waals surface area contributed by atoms with Crippen molar-refractivity contribution >= 4 is 11.7 Å². The van der Waals surface area contributed by atoms with Gasteiger partial charge in [-0.05, 0) is 31.0 Å². The second-order valence-corrected chi connectivity index (χ2v) is 4.59. The van der Waals surface area contributed by atoms with Crippen molar-refractivity contribution in [1.29, 1.82) is 0 Å². The minimum atomic E-state index is -0.309. The van der Waals surface area contributed by atoms with Crippen molar-refractivity contribution in [3.63, 3.8) is 0 Å². The van der Waals surface area contributed by atoms with E-state index in [9.17, 15) is 4.79 Å². The Bertz CT molecular complexity index is 612. The summed E-state index contributed by atoms with van der Waals surface area (Å²) in [5.41, 5.74) is 1.04. The third-order valence-electron chi connectivity index (χ3n) is 3.02. The van der Waals surface area contributed by atoms with E-state index >= 15 is 0 Å². The third kappa shape index (κ3) is 3.77. The van der Waals surface area contributed by atoms with Gasteiger partial charge in [0.1, 0.15) is 5.69 Å². The van der Waals surface area contributed by atoms with Crippen LogP contribution in [0.1, 0.15) is 43.2 Å². The first-order chi connectivity index (χ1) is 10.1. The van der Waals surface area contributed by atoms with Crippen molar-refractivity contribution in [2.45, 2.75) is 39.7 Å². The monoisotopic (exact) mass is 290 g/mol. The van der Waals surface area contributed by atoms with Gasteiger partial charge in [-0.2, -0.15) is 0 Å². The van der Waals surface area contributed by atoms with Crippen molar-refractivity contribution in [1.82, 2.24) is 15.3 Å². The Balaban J connectivity index is 2.10. The number of rotatable bonds is 6. The number of aryl methyl sites for hydroxylation is 1. The van der Waals surface area contributed by atoms with E-state index in [1.54, 1.807) is 12.1 Å². The Morgan fingerprint density at radius 3 is 2.95 bits per heavy atom. The molecule has 0 saturated heterocycles. The number of ether oxygens (including phenoxy) is 1. The average Bonchev–Trinajstić information content (AvgIpc) is 2.94. The number of hydrogen-bond donors (Lipinski definition) is 1. The molecule has 0 saturated carbocycles. The fourth-order valence-corrected chi connectivity index (χ4v) is 1.62. The van der Waals surface area contributed by atoms with E-state index in [4.69, 9.17) is 4.74 Å². The van der Waals surface area contributed by atoms with E-state index in [2.05, 4.69) is 25.2 Å². The Labute approximate surface area is 122 Å². The summed E-state index contributed by atoms with van der Waals surface area (Å²) < 4.78 is 10.2. The van der Waals surface area contributed by atoms with E-state index < -0.39 is 0 Å². The highest BCUT2D eigenvalue weighted by atomic mass is 16.6. The lowest BCUT2D eigenvalue weighted by Gasteiger charge is -2.11. The van der Waals surface area contributed by atoms with Crippen molar-refractivity contribution in [3.05, 3.63) is 29.6 Å². The summed E-state index contributed by atoms with van der Waals surface area (Å²) in [5.74, 6) is 0.450. The highest BCUT2D eigenvalue weighted by molar-refractivity contribution is 6.04. The lowest BCUT2D eigenvalue weighted by Crippen LogP contribution is -2.15. The maximum atomic E-state index is 12.2. The molecule has 0 aliphatic rings. The summed E-state index contributed by atoms with van der Waals surface area (Å²) in [6.45, 7) is 5.87. The van der Waals surface area contributed by atoms with Gasteiger partial charge in [-0.25, -0.2) is 9.61 Å². The molecule has 2 aromatic rings. The molecule has 0 bridgehead atoms. The summed E-state index contributed by atoms with van der Waals surface area (Å²) in [5, 5.41) is 10.0. The predicted molar refractivity (Wildman–Crippen MR) is 76.2 cm³/mol. The summed E-state index contributed by atoms with van der Waals surface area (Å²) in [7, 11) is 0. The van der Waals surface area contributed by atoms with Crippen LogP contribution in [0.25, 0.3) is 0 Å². The molecule has 112 valence electrons. The molecule has 2 rings (SSSR count). The Hall–Kier alpha value is -2.44. The summed E-state index contributed by atoms with van der Waals surface area (Å²) in [6, 6.07) is 3.21. The van der Waals surface area contributed by atoms with Gasteiger partial charge in [-0.1, -0.05) is 19.0 Å². The van der Waals surface area contributed by atoms with Crippen LogP contribution in [0, 0.1) is 0 Å². The Morgan fingerprint density at radius 1 is 1.43 bits per heavy atom. The summed E-state index contributed by atoms with van der Waals surface area (Å²) >= 11 is 0. The Morgan fingerprint density at radius 2 is 2.24 bits per heavy atom. The number of carbonyl (C=O) groups excluding carboxylic acids is 1. The van der Waals surface area contributed by atoms with Crippen molar-refractivity contribution in [2.75, 3.05) is 5.32 Å². The smallest absolute Gasteiger partial charge is 0.257 e. The van der Waals surface area contributed by atoms with E-state index in [1.165, 1.54) is 6.20 Å². The first kappa shape index (κ1) is 15.0. The molecule has 0 aliphatic heterocycles. The molecule has 1 atom stereocenters. The van der Waals surface area contributed by atoms with Crippen LogP contribution in [0.3, 0.4) is 0 Å². The second-order valence-electron chi connectivity index (χ2n) is 4.59. The number of hydrogen-bond acceptors (Lipinski definition) is 6. The van der Waals surface area contributed by atoms with Gasteiger partial charge in [-0.3, -0.25) is 4.79 Å². The molecule has 0 fully saturated rings. The molecule has 7 heteroatoms. The van der Waals surface area contributed by atoms with Gasteiger partial charge in [0.15, 0.2) is 0 Å². The average molecular weight is 290 g/mol. The number of anilines is 1. The number of amides is 1. The topological polar surface area (TPSA) is 90.1 Å². The van der Waals surface area contributed by atoms with Gasteiger partial charge in [0, 0.05) is 17.8 Å².